The molecule has 0 spiro atoms. The third kappa shape index (κ3) is 1.75. The van der Waals surface area contributed by atoms with Crippen LogP contribution < -0.4 is 0 Å². The maximum atomic E-state index is 11.8. The second kappa shape index (κ2) is 2.60. The van der Waals surface area contributed by atoms with E-state index >= 15 is 0 Å². The summed E-state index contributed by atoms with van der Waals surface area (Å²) < 4.78 is 57.3. The van der Waals surface area contributed by atoms with Crippen molar-refractivity contribution >= 4 is 5.78 Å². The summed E-state index contributed by atoms with van der Waals surface area (Å²) in [5, 5.41) is 0. The van der Waals surface area contributed by atoms with Crippen molar-refractivity contribution in [1.82, 2.24) is 0 Å². The zero-order chi connectivity index (χ0) is 9.28. The fourth-order valence-electron chi connectivity index (χ4n) is 0.268. The second-order valence-electron chi connectivity index (χ2n) is 1.64. The molecule has 0 aliphatic rings. The van der Waals surface area contributed by atoms with Gasteiger partial charge in [-0.25, -0.2) is 0 Å². The van der Waals surface area contributed by atoms with Crippen molar-refractivity contribution < 1.29 is 26.7 Å². The van der Waals surface area contributed by atoms with E-state index in [2.05, 4.69) is 6.58 Å². The maximum absolute atomic E-state index is 11.8. The van der Waals surface area contributed by atoms with Crippen LogP contribution in [0.1, 0.15) is 0 Å². The highest BCUT2D eigenvalue weighted by atomic mass is 19.4. The number of allylic oxidation sites excluding steroid dienone is 1. The Hall–Kier alpha value is -0.940. The normalized spacial score (nSPS) is 12.8. The Morgan fingerprint density at radius 3 is 1.64 bits per heavy atom. The molecule has 0 bridgehead atoms. The minimum Gasteiger partial charge on any atom is -0.288 e. The lowest BCUT2D eigenvalue weighted by Gasteiger charge is -2.15. The molecule has 0 aromatic rings. The average molecular weight is 174 g/mol. The SMILES string of the molecule is C=CC(=O)C(F)(F)C(F)(F)F. The molecule has 0 N–H and O–H groups in total. The molecule has 11 heavy (non-hydrogen) atoms. The van der Waals surface area contributed by atoms with E-state index in [9.17, 15) is 26.7 Å². The third-order valence-corrected chi connectivity index (χ3v) is 0.851. The minimum absolute atomic E-state index is 0.0620. The van der Waals surface area contributed by atoms with E-state index in [1.54, 1.807) is 0 Å². The van der Waals surface area contributed by atoms with Gasteiger partial charge in [0.2, 0.25) is 5.78 Å². The molecule has 1 nitrogen and oxygen atoms in total. The predicted molar refractivity (Wildman–Crippen MR) is 26.2 cm³/mol. The van der Waals surface area contributed by atoms with Crippen LogP contribution in [0.15, 0.2) is 12.7 Å². The standard InChI is InChI=1S/C5H3F5O/c1-2-3(11)4(6,7)5(8,9)10/h2H,1H2. The Bertz CT molecular complexity index is 180. The van der Waals surface area contributed by atoms with E-state index in [0.717, 1.165) is 0 Å². The van der Waals surface area contributed by atoms with Crippen LogP contribution in [0.25, 0.3) is 0 Å². The van der Waals surface area contributed by atoms with E-state index in [0.29, 0.717) is 0 Å². The summed E-state index contributed by atoms with van der Waals surface area (Å²) >= 11 is 0. The van der Waals surface area contributed by atoms with Gasteiger partial charge in [-0.05, 0) is 6.08 Å². The van der Waals surface area contributed by atoms with Crippen molar-refractivity contribution in [2.75, 3.05) is 0 Å². The molecule has 0 saturated carbocycles. The predicted octanol–water partition coefficient (Wildman–Crippen LogP) is 1.94. The maximum Gasteiger partial charge on any atom is 0.461 e. The Morgan fingerprint density at radius 2 is 1.55 bits per heavy atom. The van der Waals surface area contributed by atoms with Crippen molar-refractivity contribution in [3.8, 4) is 0 Å². The van der Waals surface area contributed by atoms with Gasteiger partial charge in [-0.1, -0.05) is 6.58 Å². The molecule has 0 unspecified atom stereocenters. The molecule has 0 atom stereocenters. The van der Waals surface area contributed by atoms with E-state index in [-0.39, 0.29) is 6.08 Å². The fourth-order valence-corrected chi connectivity index (χ4v) is 0.268. The Balaban J connectivity index is 4.73. The molecule has 6 heteroatoms. The molecule has 0 fully saturated rings. The van der Waals surface area contributed by atoms with Crippen molar-refractivity contribution in [2.45, 2.75) is 12.1 Å². The van der Waals surface area contributed by atoms with Crippen molar-refractivity contribution in [3.63, 3.8) is 0 Å². The first-order valence-corrected chi connectivity index (χ1v) is 2.35. The number of rotatable bonds is 2. The third-order valence-electron chi connectivity index (χ3n) is 0.851. The van der Waals surface area contributed by atoms with Gasteiger partial charge >= 0.3 is 12.1 Å². The van der Waals surface area contributed by atoms with Crippen molar-refractivity contribution in [3.05, 3.63) is 12.7 Å². The number of ketones is 1. The van der Waals surface area contributed by atoms with Crippen molar-refractivity contribution in [1.29, 1.82) is 0 Å². The molecule has 0 radical (unpaired) electrons. The van der Waals surface area contributed by atoms with Gasteiger partial charge in [0.05, 0.1) is 0 Å². The largest absolute Gasteiger partial charge is 0.461 e. The quantitative estimate of drug-likeness (QED) is 0.461. The van der Waals surface area contributed by atoms with Gasteiger partial charge in [-0.3, -0.25) is 4.79 Å². The van der Waals surface area contributed by atoms with Crippen LogP contribution in [-0.4, -0.2) is 17.9 Å². The topological polar surface area (TPSA) is 17.1 Å². The van der Waals surface area contributed by atoms with E-state index in [1.165, 1.54) is 0 Å². The van der Waals surface area contributed by atoms with E-state index < -0.39 is 17.9 Å². The lowest BCUT2D eigenvalue weighted by Crippen LogP contribution is -2.43. The van der Waals surface area contributed by atoms with Crippen LogP contribution in [0, 0.1) is 0 Å². The summed E-state index contributed by atoms with van der Waals surface area (Å²) in [6, 6.07) is 0. The molecule has 0 aromatic heterocycles. The van der Waals surface area contributed by atoms with Crippen LogP contribution in [0.2, 0.25) is 0 Å². The van der Waals surface area contributed by atoms with Gasteiger partial charge in [0, 0.05) is 0 Å². The minimum atomic E-state index is -5.84. The number of alkyl halides is 5. The van der Waals surface area contributed by atoms with Crippen LogP contribution in [0.3, 0.4) is 0 Å². The fraction of sp³-hybridized carbons (Fsp3) is 0.400. The van der Waals surface area contributed by atoms with Gasteiger partial charge in [-0.2, -0.15) is 22.0 Å². The highest BCUT2D eigenvalue weighted by Gasteiger charge is 2.61. The first-order valence-electron chi connectivity index (χ1n) is 2.35. The van der Waals surface area contributed by atoms with Gasteiger partial charge in [0.25, 0.3) is 0 Å². The first kappa shape index (κ1) is 10.1. The average Bonchev–Trinajstić information content (AvgIpc) is 1.83. The summed E-state index contributed by atoms with van der Waals surface area (Å²) in [7, 11) is 0. The lowest BCUT2D eigenvalue weighted by atomic mass is 10.2. The second-order valence-corrected chi connectivity index (χ2v) is 1.64. The van der Waals surface area contributed by atoms with Gasteiger partial charge in [-0.15, -0.1) is 0 Å². The van der Waals surface area contributed by atoms with Crippen molar-refractivity contribution in [2.24, 2.45) is 0 Å². The summed E-state index contributed by atoms with van der Waals surface area (Å²) in [6.07, 6.45) is -5.90. The van der Waals surface area contributed by atoms with Gasteiger partial charge in [0.15, 0.2) is 0 Å². The summed E-state index contributed by atoms with van der Waals surface area (Å²) in [6.45, 7) is 2.51. The van der Waals surface area contributed by atoms with Crippen LogP contribution in [-0.2, 0) is 4.79 Å². The molecule has 0 aliphatic heterocycles. The number of halogens is 5. The zero-order valence-corrected chi connectivity index (χ0v) is 5.08. The summed E-state index contributed by atoms with van der Waals surface area (Å²) in [5.74, 6) is -7.65. The lowest BCUT2D eigenvalue weighted by molar-refractivity contribution is -0.266. The molecular weight excluding hydrogens is 171 g/mol. The number of hydrogen-bond donors (Lipinski definition) is 0. The Kier molecular flexibility index (Phi) is 2.37. The Labute approximate surface area is 58.5 Å². The number of carbonyl (C=O) groups is 1. The highest BCUT2D eigenvalue weighted by molar-refractivity contribution is 5.95. The first-order chi connectivity index (χ1) is 4.73. The Morgan fingerprint density at radius 1 is 1.18 bits per heavy atom. The van der Waals surface area contributed by atoms with E-state index in [4.69, 9.17) is 0 Å². The molecule has 0 rings (SSSR count). The summed E-state index contributed by atoms with van der Waals surface area (Å²) in [4.78, 5) is 9.89. The highest BCUT2D eigenvalue weighted by Crippen LogP contribution is 2.36. The monoisotopic (exact) mass is 174 g/mol. The van der Waals surface area contributed by atoms with E-state index in [1.807, 2.05) is 0 Å². The molecule has 0 amide bonds. The van der Waals surface area contributed by atoms with Gasteiger partial charge < -0.3 is 0 Å². The van der Waals surface area contributed by atoms with Crippen LogP contribution in [0.4, 0.5) is 22.0 Å². The molecular formula is C5H3F5O. The summed E-state index contributed by atoms with van der Waals surface area (Å²) in [5.41, 5.74) is 0. The molecule has 0 aliphatic carbocycles. The molecule has 64 valence electrons. The zero-order valence-electron chi connectivity index (χ0n) is 5.08. The van der Waals surface area contributed by atoms with Crippen LogP contribution >= 0.6 is 0 Å². The number of hydrogen-bond acceptors (Lipinski definition) is 1. The smallest absolute Gasteiger partial charge is 0.288 e. The molecule has 0 aromatic carbocycles. The molecule has 0 saturated heterocycles. The number of carbonyl (C=O) groups excluding carboxylic acids is 1. The van der Waals surface area contributed by atoms with Crippen LogP contribution in [0.5, 0.6) is 0 Å². The molecule has 0 heterocycles. The van der Waals surface area contributed by atoms with Gasteiger partial charge in [0.1, 0.15) is 0 Å².